The highest BCUT2D eigenvalue weighted by atomic mass is 16.4. The molecule has 1 rings (SSSR count). The normalized spacial score (nSPS) is 11.4. The van der Waals surface area contributed by atoms with Crippen LogP contribution in [0.1, 0.15) is 6.92 Å². The SMILES string of the molecule is CC(NC(=O)CN(CC(=O)O)c1ccccc1)C(=O)N(C)C. The molecule has 7 heteroatoms. The number of hydrogen-bond acceptors (Lipinski definition) is 4. The minimum Gasteiger partial charge on any atom is -0.480 e. The molecule has 0 heterocycles. The second-order valence-electron chi connectivity index (χ2n) is 5.11. The number of carbonyl (C=O) groups excluding carboxylic acids is 2. The maximum atomic E-state index is 12.0. The molecular weight excluding hydrogens is 286 g/mol. The van der Waals surface area contributed by atoms with Crippen LogP contribution < -0.4 is 10.2 Å². The standard InChI is InChI=1S/C15H21N3O4/c1-11(15(22)17(2)3)16-13(19)9-18(10-14(20)21)12-7-5-4-6-8-12/h4-8,11H,9-10H2,1-3H3,(H,16,19)(H,20,21). The summed E-state index contributed by atoms with van der Waals surface area (Å²) in [6, 6.07) is 8.13. The largest absolute Gasteiger partial charge is 0.480 e. The Kier molecular flexibility index (Phi) is 6.37. The molecule has 120 valence electrons. The topological polar surface area (TPSA) is 90.0 Å². The monoisotopic (exact) mass is 307 g/mol. The van der Waals surface area contributed by atoms with Crippen molar-refractivity contribution in [2.45, 2.75) is 13.0 Å². The Morgan fingerprint density at radius 1 is 1.14 bits per heavy atom. The Bertz CT molecular complexity index is 531. The number of carbonyl (C=O) groups is 3. The first-order chi connectivity index (χ1) is 10.3. The lowest BCUT2D eigenvalue weighted by Gasteiger charge is -2.24. The van der Waals surface area contributed by atoms with E-state index in [9.17, 15) is 14.4 Å². The van der Waals surface area contributed by atoms with E-state index in [4.69, 9.17) is 5.11 Å². The first kappa shape index (κ1) is 17.5. The van der Waals surface area contributed by atoms with Crippen LogP contribution in [0.2, 0.25) is 0 Å². The van der Waals surface area contributed by atoms with Gasteiger partial charge < -0.3 is 20.2 Å². The van der Waals surface area contributed by atoms with E-state index in [-0.39, 0.29) is 19.0 Å². The predicted molar refractivity (Wildman–Crippen MR) is 82.6 cm³/mol. The fourth-order valence-corrected chi connectivity index (χ4v) is 1.95. The third kappa shape index (κ3) is 5.43. The molecule has 1 unspecified atom stereocenters. The summed E-state index contributed by atoms with van der Waals surface area (Å²) in [5, 5.41) is 11.5. The first-order valence-corrected chi connectivity index (χ1v) is 6.83. The molecule has 0 radical (unpaired) electrons. The van der Waals surface area contributed by atoms with Gasteiger partial charge in [-0.25, -0.2) is 0 Å². The number of amides is 2. The van der Waals surface area contributed by atoms with Crippen LogP contribution in [0.3, 0.4) is 0 Å². The summed E-state index contributed by atoms with van der Waals surface area (Å²) in [5.74, 6) is -1.67. The Balaban J connectivity index is 2.72. The van der Waals surface area contributed by atoms with E-state index in [1.54, 1.807) is 51.4 Å². The molecule has 0 aliphatic heterocycles. The summed E-state index contributed by atoms with van der Waals surface area (Å²) < 4.78 is 0. The second-order valence-corrected chi connectivity index (χ2v) is 5.11. The lowest BCUT2D eigenvalue weighted by molar-refractivity contribution is -0.136. The molecule has 2 amide bonds. The van der Waals surface area contributed by atoms with E-state index in [0.717, 1.165) is 0 Å². The van der Waals surface area contributed by atoms with Crippen LogP contribution in [0.4, 0.5) is 5.69 Å². The van der Waals surface area contributed by atoms with Crippen molar-refractivity contribution in [3.8, 4) is 0 Å². The molecule has 0 fully saturated rings. The van der Waals surface area contributed by atoms with Crippen molar-refractivity contribution in [1.29, 1.82) is 0 Å². The number of nitrogens with one attached hydrogen (secondary N) is 1. The number of hydrogen-bond donors (Lipinski definition) is 2. The van der Waals surface area contributed by atoms with Crippen LogP contribution in [0, 0.1) is 0 Å². The maximum absolute atomic E-state index is 12.0. The van der Waals surface area contributed by atoms with Gasteiger partial charge in [0.15, 0.2) is 0 Å². The van der Waals surface area contributed by atoms with Gasteiger partial charge in [-0.1, -0.05) is 18.2 Å². The van der Waals surface area contributed by atoms with Gasteiger partial charge in [0, 0.05) is 19.8 Å². The molecule has 1 atom stereocenters. The highest BCUT2D eigenvalue weighted by Gasteiger charge is 2.20. The quantitative estimate of drug-likeness (QED) is 0.749. The van der Waals surface area contributed by atoms with Crippen molar-refractivity contribution in [2.24, 2.45) is 0 Å². The van der Waals surface area contributed by atoms with Gasteiger partial charge in [0.1, 0.15) is 12.6 Å². The van der Waals surface area contributed by atoms with Crippen molar-refractivity contribution in [2.75, 3.05) is 32.1 Å². The molecule has 0 aliphatic rings. The van der Waals surface area contributed by atoms with Crippen molar-refractivity contribution < 1.29 is 19.5 Å². The smallest absolute Gasteiger partial charge is 0.323 e. The third-order valence-corrected chi connectivity index (χ3v) is 2.97. The second kappa shape index (κ2) is 8.02. The van der Waals surface area contributed by atoms with Gasteiger partial charge >= 0.3 is 5.97 Å². The van der Waals surface area contributed by atoms with Gasteiger partial charge in [-0.2, -0.15) is 0 Å². The summed E-state index contributed by atoms with van der Waals surface area (Å²) in [6.07, 6.45) is 0. The van der Waals surface area contributed by atoms with E-state index >= 15 is 0 Å². The average molecular weight is 307 g/mol. The first-order valence-electron chi connectivity index (χ1n) is 6.83. The van der Waals surface area contributed by atoms with Gasteiger partial charge in [0.2, 0.25) is 11.8 Å². The third-order valence-electron chi connectivity index (χ3n) is 2.97. The van der Waals surface area contributed by atoms with E-state index in [1.165, 1.54) is 9.80 Å². The zero-order valence-corrected chi connectivity index (χ0v) is 12.9. The molecule has 2 N–H and O–H groups in total. The van der Waals surface area contributed by atoms with E-state index in [0.29, 0.717) is 5.69 Å². The number of carboxylic acids is 1. The molecule has 1 aromatic carbocycles. The Morgan fingerprint density at radius 2 is 1.73 bits per heavy atom. The van der Waals surface area contributed by atoms with Crippen LogP contribution in [0.25, 0.3) is 0 Å². The summed E-state index contributed by atoms with van der Waals surface area (Å²) in [4.78, 5) is 37.5. The molecule has 0 aliphatic carbocycles. The molecule has 22 heavy (non-hydrogen) atoms. The zero-order valence-electron chi connectivity index (χ0n) is 12.9. The Hall–Kier alpha value is -2.57. The lowest BCUT2D eigenvalue weighted by Crippen LogP contribution is -2.48. The zero-order chi connectivity index (χ0) is 16.7. The lowest BCUT2D eigenvalue weighted by atomic mass is 10.2. The average Bonchev–Trinajstić information content (AvgIpc) is 2.45. The molecule has 0 spiro atoms. The molecule has 0 bridgehead atoms. The Morgan fingerprint density at radius 3 is 2.23 bits per heavy atom. The van der Waals surface area contributed by atoms with Gasteiger partial charge in [0.25, 0.3) is 0 Å². The van der Waals surface area contributed by atoms with Crippen molar-refractivity contribution in [3.63, 3.8) is 0 Å². The van der Waals surface area contributed by atoms with Crippen LogP contribution in [-0.4, -0.2) is 61.0 Å². The van der Waals surface area contributed by atoms with Crippen molar-refractivity contribution >= 4 is 23.5 Å². The van der Waals surface area contributed by atoms with E-state index < -0.39 is 17.9 Å². The van der Waals surface area contributed by atoms with E-state index in [1.807, 2.05) is 0 Å². The summed E-state index contributed by atoms with van der Waals surface area (Å²) in [7, 11) is 3.21. The minimum atomic E-state index is -1.03. The molecule has 7 nitrogen and oxygen atoms in total. The molecule has 0 saturated heterocycles. The highest BCUT2D eigenvalue weighted by molar-refractivity contribution is 5.89. The van der Waals surface area contributed by atoms with Gasteiger partial charge in [0.05, 0.1) is 6.54 Å². The highest BCUT2D eigenvalue weighted by Crippen LogP contribution is 2.12. The number of carboxylic acid groups (broad SMARTS) is 1. The number of likely N-dealkylation sites (N-methyl/N-ethyl adjacent to an activating group) is 1. The van der Waals surface area contributed by atoms with Crippen LogP contribution >= 0.6 is 0 Å². The van der Waals surface area contributed by atoms with Crippen molar-refractivity contribution in [1.82, 2.24) is 10.2 Å². The minimum absolute atomic E-state index is 0.138. The number of aliphatic carboxylic acids is 1. The van der Waals surface area contributed by atoms with E-state index in [2.05, 4.69) is 5.32 Å². The predicted octanol–water partition coefficient (Wildman–Crippen LogP) is 0.170. The number of rotatable bonds is 7. The van der Waals surface area contributed by atoms with Crippen LogP contribution in [0.15, 0.2) is 30.3 Å². The fourth-order valence-electron chi connectivity index (χ4n) is 1.95. The number of para-hydroxylation sites is 1. The molecule has 1 aromatic rings. The number of anilines is 1. The Labute approximate surface area is 129 Å². The summed E-state index contributed by atoms with van der Waals surface area (Å²) in [5.41, 5.74) is 0.631. The maximum Gasteiger partial charge on any atom is 0.323 e. The number of nitrogens with zero attached hydrogens (tertiary/aromatic N) is 2. The van der Waals surface area contributed by atoms with Gasteiger partial charge in [-0.3, -0.25) is 14.4 Å². The molecule has 0 saturated carbocycles. The van der Waals surface area contributed by atoms with Gasteiger partial charge in [-0.05, 0) is 19.1 Å². The van der Waals surface area contributed by atoms with Crippen molar-refractivity contribution in [3.05, 3.63) is 30.3 Å². The van der Waals surface area contributed by atoms with Crippen LogP contribution in [0.5, 0.6) is 0 Å². The molecular formula is C15H21N3O4. The van der Waals surface area contributed by atoms with Gasteiger partial charge in [-0.15, -0.1) is 0 Å². The fraction of sp³-hybridized carbons (Fsp3) is 0.400. The summed E-state index contributed by atoms with van der Waals surface area (Å²) in [6.45, 7) is 1.15. The number of benzene rings is 1. The summed E-state index contributed by atoms with van der Waals surface area (Å²) >= 11 is 0. The van der Waals surface area contributed by atoms with Crippen LogP contribution in [-0.2, 0) is 14.4 Å². The molecule has 0 aromatic heterocycles.